The number of aromatic amines is 1. The van der Waals surface area contributed by atoms with Gasteiger partial charge in [-0.05, 0) is 27.6 Å². The predicted octanol–water partition coefficient (Wildman–Crippen LogP) is 2.39. The summed E-state index contributed by atoms with van der Waals surface area (Å²) in [5.74, 6) is 0. The summed E-state index contributed by atoms with van der Waals surface area (Å²) in [5, 5.41) is 9.58. The van der Waals surface area contributed by atoms with Crippen LogP contribution in [0.2, 0.25) is 0 Å². The number of pyridine rings is 1. The van der Waals surface area contributed by atoms with E-state index in [2.05, 4.69) is 32.0 Å². The Labute approximate surface area is 83.5 Å². The number of hydrogen-bond donors (Lipinski definition) is 1. The Morgan fingerprint density at radius 3 is 3.23 bits per heavy atom. The molecule has 0 saturated carbocycles. The van der Waals surface area contributed by atoms with Crippen LogP contribution in [0.25, 0.3) is 10.9 Å². The van der Waals surface area contributed by atoms with Crippen molar-refractivity contribution in [2.24, 2.45) is 0 Å². The molecule has 3 nitrogen and oxygen atoms in total. The van der Waals surface area contributed by atoms with E-state index in [0.29, 0.717) is 6.42 Å². The van der Waals surface area contributed by atoms with Crippen LogP contribution in [-0.2, 0) is 6.42 Å². The number of aromatic nitrogens is 2. The van der Waals surface area contributed by atoms with Crippen molar-refractivity contribution in [1.29, 1.82) is 5.26 Å². The molecule has 1 N–H and O–H groups in total. The van der Waals surface area contributed by atoms with Crippen LogP contribution in [-0.4, -0.2) is 9.97 Å². The average molecular weight is 236 g/mol. The normalized spacial score (nSPS) is 10.2. The highest BCUT2D eigenvalue weighted by molar-refractivity contribution is 9.10. The van der Waals surface area contributed by atoms with Crippen LogP contribution in [0.5, 0.6) is 0 Å². The Morgan fingerprint density at radius 1 is 1.62 bits per heavy atom. The van der Waals surface area contributed by atoms with E-state index in [1.165, 1.54) is 0 Å². The number of nitriles is 1. The van der Waals surface area contributed by atoms with Crippen molar-refractivity contribution >= 4 is 26.8 Å². The third kappa shape index (κ3) is 1.43. The molecule has 0 saturated heterocycles. The van der Waals surface area contributed by atoms with Gasteiger partial charge in [-0.1, -0.05) is 0 Å². The third-order valence-corrected chi connectivity index (χ3v) is 2.32. The quantitative estimate of drug-likeness (QED) is 0.773. The molecule has 13 heavy (non-hydrogen) atoms. The Morgan fingerprint density at radius 2 is 2.46 bits per heavy atom. The summed E-state index contributed by atoms with van der Waals surface area (Å²) in [6, 6.07) is 4.02. The first-order chi connectivity index (χ1) is 6.31. The minimum Gasteiger partial charge on any atom is -0.361 e. The molecule has 0 amide bonds. The maximum atomic E-state index is 8.56. The predicted molar refractivity (Wildman–Crippen MR) is 53.1 cm³/mol. The number of nitrogens with one attached hydrogen (secondary N) is 1. The topological polar surface area (TPSA) is 52.5 Å². The molecule has 0 aromatic carbocycles. The zero-order valence-corrected chi connectivity index (χ0v) is 8.30. The fraction of sp³-hybridized carbons (Fsp3) is 0.111. The second kappa shape index (κ2) is 3.19. The molecule has 2 rings (SSSR count). The number of H-pyrrole nitrogens is 1. The van der Waals surface area contributed by atoms with Crippen molar-refractivity contribution in [3.63, 3.8) is 0 Å². The maximum absolute atomic E-state index is 8.56. The molecule has 0 atom stereocenters. The molecule has 2 aromatic rings. The summed E-state index contributed by atoms with van der Waals surface area (Å²) in [6.45, 7) is 0. The lowest BCUT2D eigenvalue weighted by Gasteiger charge is -1.92. The highest BCUT2D eigenvalue weighted by Gasteiger charge is 2.03. The highest BCUT2D eigenvalue weighted by atomic mass is 79.9. The van der Waals surface area contributed by atoms with Crippen LogP contribution in [0.4, 0.5) is 0 Å². The molecular weight excluding hydrogens is 230 g/mol. The molecule has 0 unspecified atom stereocenters. The van der Waals surface area contributed by atoms with E-state index in [-0.39, 0.29) is 0 Å². The van der Waals surface area contributed by atoms with Gasteiger partial charge in [-0.3, -0.25) is 0 Å². The van der Waals surface area contributed by atoms with Gasteiger partial charge in [0.25, 0.3) is 0 Å². The number of halogens is 1. The summed E-state index contributed by atoms with van der Waals surface area (Å²) in [5.41, 5.74) is 2.00. The molecule has 0 bridgehead atoms. The average Bonchev–Trinajstić information content (AvgIpc) is 2.49. The van der Waals surface area contributed by atoms with Crippen LogP contribution >= 0.6 is 15.9 Å². The molecule has 4 heteroatoms. The number of nitrogens with zero attached hydrogens (tertiary/aromatic N) is 2. The van der Waals surface area contributed by atoms with Gasteiger partial charge >= 0.3 is 0 Å². The lowest BCUT2D eigenvalue weighted by atomic mass is 10.2. The monoisotopic (exact) mass is 235 g/mol. The molecule has 0 radical (unpaired) electrons. The summed E-state index contributed by atoms with van der Waals surface area (Å²) in [6.07, 6.45) is 4.04. The summed E-state index contributed by atoms with van der Waals surface area (Å²) in [7, 11) is 0. The first kappa shape index (κ1) is 8.27. The Hall–Kier alpha value is -1.34. The molecular formula is C9H6BrN3. The largest absolute Gasteiger partial charge is 0.361 e. The Kier molecular flexibility index (Phi) is 2.03. The summed E-state index contributed by atoms with van der Waals surface area (Å²) >= 11 is 3.28. The fourth-order valence-electron chi connectivity index (χ4n) is 1.28. The van der Waals surface area contributed by atoms with Crippen LogP contribution in [0.15, 0.2) is 23.1 Å². The molecule has 0 aliphatic rings. The van der Waals surface area contributed by atoms with E-state index in [4.69, 9.17) is 5.26 Å². The molecule has 0 spiro atoms. The lowest BCUT2D eigenvalue weighted by molar-refractivity contribution is 1.27. The molecule has 2 aromatic heterocycles. The van der Waals surface area contributed by atoms with Crippen molar-refractivity contribution in [2.45, 2.75) is 6.42 Å². The number of fused-ring (bicyclic) bond motifs is 1. The molecule has 0 aliphatic carbocycles. The lowest BCUT2D eigenvalue weighted by Crippen LogP contribution is -1.79. The van der Waals surface area contributed by atoms with Crippen LogP contribution < -0.4 is 0 Å². The van der Waals surface area contributed by atoms with E-state index in [1.807, 2.05) is 12.3 Å². The summed E-state index contributed by atoms with van der Waals surface area (Å²) in [4.78, 5) is 7.20. The van der Waals surface area contributed by atoms with E-state index in [0.717, 1.165) is 21.1 Å². The Balaban J connectivity index is 2.63. The standard InChI is InChI=1S/C9H6BrN3/c10-9-3-8-7(5-13-9)6(1-2-11)4-12-8/h3-5,12H,1H2. The second-order valence-corrected chi connectivity index (χ2v) is 3.51. The minimum absolute atomic E-state index is 0.420. The third-order valence-electron chi connectivity index (χ3n) is 1.89. The Bertz CT molecular complexity index is 481. The van der Waals surface area contributed by atoms with Crippen molar-refractivity contribution in [2.75, 3.05) is 0 Å². The zero-order chi connectivity index (χ0) is 9.26. The van der Waals surface area contributed by atoms with Gasteiger partial charge in [0.2, 0.25) is 0 Å². The molecule has 0 aliphatic heterocycles. The van der Waals surface area contributed by atoms with E-state index >= 15 is 0 Å². The van der Waals surface area contributed by atoms with Crippen molar-refractivity contribution < 1.29 is 0 Å². The van der Waals surface area contributed by atoms with Crippen LogP contribution in [0.3, 0.4) is 0 Å². The first-order valence-corrected chi connectivity index (χ1v) is 4.59. The number of hydrogen-bond acceptors (Lipinski definition) is 2. The first-order valence-electron chi connectivity index (χ1n) is 3.79. The van der Waals surface area contributed by atoms with Gasteiger partial charge in [0.05, 0.1) is 12.5 Å². The van der Waals surface area contributed by atoms with Gasteiger partial charge < -0.3 is 4.98 Å². The smallest absolute Gasteiger partial charge is 0.108 e. The van der Waals surface area contributed by atoms with Crippen molar-refractivity contribution in [3.05, 3.63) is 28.6 Å². The van der Waals surface area contributed by atoms with Gasteiger partial charge in [-0.25, -0.2) is 4.98 Å². The van der Waals surface area contributed by atoms with E-state index < -0.39 is 0 Å². The van der Waals surface area contributed by atoms with Crippen LogP contribution in [0.1, 0.15) is 5.56 Å². The SMILES string of the molecule is N#CCc1c[nH]c2cc(Br)ncc12. The molecule has 0 fully saturated rings. The fourth-order valence-corrected chi connectivity index (χ4v) is 1.61. The maximum Gasteiger partial charge on any atom is 0.108 e. The van der Waals surface area contributed by atoms with Gasteiger partial charge in [-0.2, -0.15) is 5.26 Å². The highest BCUT2D eigenvalue weighted by Crippen LogP contribution is 2.20. The van der Waals surface area contributed by atoms with Gasteiger partial charge in [-0.15, -0.1) is 0 Å². The van der Waals surface area contributed by atoms with Crippen LogP contribution in [0, 0.1) is 11.3 Å². The number of rotatable bonds is 1. The molecule has 64 valence electrons. The zero-order valence-electron chi connectivity index (χ0n) is 6.71. The van der Waals surface area contributed by atoms with Crippen molar-refractivity contribution in [1.82, 2.24) is 9.97 Å². The summed E-state index contributed by atoms with van der Waals surface area (Å²) < 4.78 is 0.797. The van der Waals surface area contributed by atoms with Gasteiger partial charge in [0, 0.05) is 23.3 Å². The minimum atomic E-state index is 0.420. The van der Waals surface area contributed by atoms with Crippen molar-refractivity contribution in [3.8, 4) is 6.07 Å². The van der Waals surface area contributed by atoms with E-state index in [9.17, 15) is 0 Å². The van der Waals surface area contributed by atoms with E-state index in [1.54, 1.807) is 6.20 Å². The van der Waals surface area contributed by atoms with Gasteiger partial charge in [0.1, 0.15) is 4.60 Å². The second-order valence-electron chi connectivity index (χ2n) is 2.70. The van der Waals surface area contributed by atoms with Gasteiger partial charge in [0.15, 0.2) is 0 Å². The molecule has 2 heterocycles.